The maximum atomic E-state index is 8.83. The first-order valence-corrected chi connectivity index (χ1v) is 5.83. The number of hydrogen-bond acceptors (Lipinski definition) is 3. The predicted octanol–water partition coefficient (Wildman–Crippen LogP) is 2.25. The molecule has 0 radical (unpaired) electrons. The van der Waals surface area contributed by atoms with Crippen LogP contribution in [0.3, 0.4) is 0 Å². The first-order chi connectivity index (χ1) is 7.76. The minimum Gasteiger partial charge on any atom is -0.313 e. The summed E-state index contributed by atoms with van der Waals surface area (Å²) in [6, 6.07) is 9.45. The summed E-state index contributed by atoms with van der Waals surface area (Å²) < 4.78 is 1.91. The largest absolute Gasteiger partial charge is 0.313 e. The lowest BCUT2D eigenvalue weighted by atomic mass is 10.1. The second-order valence-corrected chi connectivity index (χ2v) is 3.89. The monoisotopic (exact) mass is 276 g/mol. The number of aromatic nitrogens is 3. The molecule has 16 heavy (non-hydrogen) atoms. The molecule has 4 nitrogen and oxygen atoms in total. The summed E-state index contributed by atoms with van der Waals surface area (Å²) in [5.74, 6) is 1.63. The van der Waals surface area contributed by atoms with Gasteiger partial charge in [-0.1, -0.05) is 28.1 Å². The van der Waals surface area contributed by atoms with Crippen molar-refractivity contribution < 1.29 is 0 Å². The van der Waals surface area contributed by atoms with Gasteiger partial charge in [0.05, 0.1) is 17.0 Å². The van der Waals surface area contributed by atoms with Crippen molar-refractivity contribution in [1.82, 2.24) is 14.8 Å². The maximum absolute atomic E-state index is 8.83. The zero-order valence-corrected chi connectivity index (χ0v) is 10.3. The maximum Gasteiger partial charge on any atom is 0.163 e. The molecule has 1 aromatic heterocycles. The molecule has 0 amide bonds. The van der Waals surface area contributed by atoms with Crippen LogP contribution in [0.4, 0.5) is 0 Å². The summed E-state index contributed by atoms with van der Waals surface area (Å²) in [5, 5.41) is 17.6. The van der Waals surface area contributed by atoms with E-state index >= 15 is 0 Å². The lowest BCUT2D eigenvalue weighted by Gasteiger charge is -2.02. The first kappa shape index (κ1) is 10.8. The number of nitrogens with zero attached hydrogens (tertiary/aromatic N) is 4. The molecule has 80 valence electrons. The van der Waals surface area contributed by atoms with Gasteiger partial charge in [-0.3, -0.25) is 0 Å². The number of rotatable bonds is 2. The van der Waals surface area contributed by atoms with Gasteiger partial charge in [0.2, 0.25) is 0 Å². The van der Waals surface area contributed by atoms with Gasteiger partial charge in [-0.05, 0) is 12.1 Å². The second-order valence-electron chi connectivity index (χ2n) is 3.33. The van der Waals surface area contributed by atoms with Crippen molar-refractivity contribution in [3.63, 3.8) is 0 Å². The van der Waals surface area contributed by atoms with Crippen molar-refractivity contribution in [2.75, 3.05) is 0 Å². The summed E-state index contributed by atoms with van der Waals surface area (Å²) in [4.78, 5) is 0. The Morgan fingerprint density at radius 3 is 2.88 bits per heavy atom. The zero-order valence-electron chi connectivity index (χ0n) is 8.68. The summed E-state index contributed by atoms with van der Waals surface area (Å²) in [6.07, 6.45) is 0. The Morgan fingerprint density at radius 2 is 2.25 bits per heavy atom. The third kappa shape index (κ3) is 1.84. The Balaban J connectivity index is 2.51. The molecule has 5 heteroatoms. The van der Waals surface area contributed by atoms with Crippen LogP contribution in [0.15, 0.2) is 24.3 Å². The van der Waals surface area contributed by atoms with Crippen LogP contribution < -0.4 is 0 Å². The van der Waals surface area contributed by atoms with Gasteiger partial charge in [0.1, 0.15) is 5.82 Å². The Hall–Kier alpha value is -1.67. The van der Waals surface area contributed by atoms with Crippen LogP contribution in [0.25, 0.3) is 11.4 Å². The fourth-order valence-corrected chi connectivity index (χ4v) is 1.95. The molecule has 0 unspecified atom stereocenters. The summed E-state index contributed by atoms with van der Waals surface area (Å²) in [6.45, 7) is 0. The van der Waals surface area contributed by atoms with E-state index in [0.29, 0.717) is 10.9 Å². The highest BCUT2D eigenvalue weighted by Crippen LogP contribution is 2.19. The van der Waals surface area contributed by atoms with Gasteiger partial charge in [0, 0.05) is 12.6 Å². The summed E-state index contributed by atoms with van der Waals surface area (Å²) in [5.41, 5.74) is 1.53. The molecule has 0 fully saturated rings. The van der Waals surface area contributed by atoms with Crippen LogP contribution in [0.2, 0.25) is 0 Å². The lowest BCUT2D eigenvalue weighted by molar-refractivity contribution is 0.859. The summed E-state index contributed by atoms with van der Waals surface area (Å²) >= 11 is 3.35. The molecule has 0 aliphatic carbocycles. The highest BCUT2D eigenvalue weighted by molar-refractivity contribution is 9.08. The summed E-state index contributed by atoms with van der Waals surface area (Å²) in [7, 11) is 1.91. The van der Waals surface area contributed by atoms with E-state index in [1.54, 1.807) is 6.07 Å². The van der Waals surface area contributed by atoms with E-state index in [1.165, 1.54) is 0 Å². The molecule has 1 aromatic carbocycles. The average Bonchev–Trinajstić information content (AvgIpc) is 2.70. The molecular weight excluding hydrogens is 268 g/mol. The van der Waals surface area contributed by atoms with Crippen LogP contribution in [-0.2, 0) is 12.4 Å². The Kier molecular flexibility index (Phi) is 3.02. The molecule has 1 heterocycles. The minimum atomic E-state index is 0.626. The molecule has 0 spiro atoms. The van der Waals surface area contributed by atoms with Crippen molar-refractivity contribution in [1.29, 1.82) is 5.26 Å². The zero-order chi connectivity index (χ0) is 11.5. The number of alkyl halides is 1. The van der Waals surface area contributed by atoms with E-state index in [4.69, 9.17) is 5.26 Å². The van der Waals surface area contributed by atoms with Crippen LogP contribution in [0.1, 0.15) is 11.4 Å². The van der Waals surface area contributed by atoms with Gasteiger partial charge in [0.25, 0.3) is 0 Å². The molecular formula is C11H9BrN4. The third-order valence-corrected chi connectivity index (χ3v) is 2.84. The van der Waals surface area contributed by atoms with E-state index in [1.807, 2.05) is 29.8 Å². The smallest absolute Gasteiger partial charge is 0.163 e. The standard InChI is InChI=1S/C11H9BrN4/c1-16-10(6-12)14-15-11(16)9-4-2-3-8(5-9)7-13/h2-5H,6H2,1H3. The quantitative estimate of drug-likeness (QED) is 0.791. The number of hydrogen-bond donors (Lipinski definition) is 0. The average molecular weight is 277 g/mol. The fraction of sp³-hybridized carbons (Fsp3) is 0.182. The molecule has 0 saturated heterocycles. The molecule has 0 N–H and O–H groups in total. The SMILES string of the molecule is Cn1c(CBr)nnc1-c1cccc(C#N)c1. The third-order valence-electron chi connectivity index (χ3n) is 2.33. The Labute approximate surface area is 102 Å². The molecule has 0 bridgehead atoms. The van der Waals surface area contributed by atoms with Gasteiger partial charge < -0.3 is 4.57 Å². The molecule has 0 atom stereocenters. The molecule has 2 aromatic rings. The van der Waals surface area contributed by atoms with Crippen LogP contribution in [0, 0.1) is 11.3 Å². The lowest BCUT2D eigenvalue weighted by Crippen LogP contribution is -1.97. The van der Waals surface area contributed by atoms with E-state index in [9.17, 15) is 0 Å². The van der Waals surface area contributed by atoms with Gasteiger partial charge in [-0.25, -0.2) is 0 Å². The molecule has 0 aliphatic heterocycles. The highest BCUT2D eigenvalue weighted by Gasteiger charge is 2.09. The number of halogens is 1. The van der Waals surface area contributed by atoms with Crippen molar-refractivity contribution in [3.8, 4) is 17.5 Å². The van der Waals surface area contributed by atoms with Gasteiger partial charge in [-0.15, -0.1) is 10.2 Å². The highest BCUT2D eigenvalue weighted by atomic mass is 79.9. The molecule has 2 rings (SSSR count). The van der Waals surface area contributed by atoms with Crippen LogP contribution in [-0.4, -0.2) is 14.8 Å². The predicted molar refractivity (Wildman–Crippen MR) is 63.8 cm³/mol. The second kappa shape index (κ2) is 4.45. The minimum absolute atomic E-state index is 0.626. The number of benzene rings is 1. The van der Waals surface area contributed by atoms with Gasteiger partial charge in [-0.2, -0.15) is 5.26 Å². The van der Waals surface area contributed by atoms with Crippen molar-refractivity contribution in [2.24, 2.45) is 7.05 Å². The van der Waals surface area contributed by atoms with E-state index < -0.39 is 0 Å². The van der Waals surface area contributed by atoms with Crippen molar-refractivity contribution in [2.45, 2.75) is 5.33 Å². The van der Waals surface area contributed by atoms with Crippen LogP contribution >= 0.6 is 15.9 Å². The van der Waals surface area contributed by atoms with Gasteiger partial charge in [0.15, 0.2) is 5.82 Å². The van der Waals surface area contributed by atoms with Crippen LogP contribution in [0.5, 0.6) is 0 Å². The van der Waals surface area contributed by atoms with E-state index in [-0.39, 0.29) is 0 Å². The molecule has 0 aliphatic rings. The van der Waals surface area contributed by atoms with Crippen molar-refractivity contribution >= 4 is 15.9 Å². The van der Waals surface area contributed by atoms with E-state index in [2.05, 4.69) is 32.2 Å². The Bertz CT molecular complexity index is 553. The topological polar surface area (TPSA) is 54.5 Å². The van der Waals surface area contributed by atoms with Crippen molar-refractivity contribution in [3.05, 3.63) is 35.7 Å². The Morgan fingerprint density at radius 1 is 1.44 bits per heavy atom. The first-order valence-electron chi connectivity index (χ1n) is 4.71. The normalized spacial score (nSPS) is 10.1. The van der Waals surface area contributed by atoms with Gasteiger partial charge >= 0.3 is 0 Å². The number of nitriles is 1. The molecule has 0 saturated carbocycles. The fourth-order valence-electron chi connectivity index (χ4n) is 1.46. The van der Waals surface area contributed by atoms with E-state index in [0.717, 1.165) is 17.2 Å².